The predicted octanol–water partition coefficient (Wildman–Crippen LogP) is 1.39. The molecular formula is C10H12FNO2. The summed E-state index contributed by atoms with van der Waals surface area (Å²) in [5.74, 6) is -0.635. The molecule has 0 unspecified atom stereocenters. The number of halogens is 1. The Kier molecular flexibility index (Phi) is 3.06. The monoisotopic (exact) mass is 197 g/mol. The van der Waals surface area contributed by atoms with E-state index < -0.39 is 12.0 Å². The van der Waals surface area contributed by atoms with Crippen LogP contribution in [0.4, 0.5) is 4.39 Å². The number of primary amides is 1. The smallest absolute Gasteiger partial charge is 0.258 e. The SMILES string of the molecule is Cc1ccc(O[C@@H](C)C(N)=O)cc1F. The third-order valence-corrected chi connectivity index (χ3v) is 1.86. The minimum absolute atomic E-state index is 0.305. The van der Waals surface area contributed by atoms with Gasteiger partial charge >= 0.3 is 0 Å². The molecular weight excluding hydrogens is 185 g/mol. The Morgan fingerprint density at radius 2 is 2.21 bits per heavy atom. The number of nitrogens with two attached hydrogens (primary N) is 1. The van der Waals surface area contributed by atoms with Crippen LogP contribution in [0, 0.1) is 12.7 Å². The zero-order chi connectivity index (χ0) is 10.7. The van der Waals surface area contributed by atoms with Gasteiger partial charge in [0.15, 0.2) is 6.10 Å². The maximum absolute atomic E-state index is 13.0. The predicted molar refractivity (Wildman–Crippen MR) is 50.4 cm³/mol. The van der Waals surface area contributed by atoms with Crippen molar-refractivity contribution in [2.24, 2.45) is 5.73 Å². The molecule has 0 aliphatic heterocycles. The van der Waals surface area contributed by atoms with Crippen LogP contribution in [0.5, 0.6) is 5.75 Å². The minimum atomic E-state index is -0.753. The number of ether oxygens (including phenoxy) is 1. The number of benzene rings is 1. The fraction of sp³-hybridized carbons (Fsp3) is 0.300. The van der Waals surface area contributed by atoms with Crippen LogP contribution in [0.15, 0.2) is 18.2 Å². The lowest BCUT2D eigenvalue weighted by Crippen LogP contribution is -2.30. The molecule has 1 aromatic rings. The van der Waals surface area contributed by atoms with E-state index in [1.807, 2.05) is 0 Å². The Bertz CT molecular complexity index is 352. The van der Waals surface area contributed by atoms with E-state index in [1.165, 1.54) is 13.0 Å². The van der Waals surface area contributed by atoms with Crippen LogP contribution in [0.3, 0.4) is 0 Å². The highest BCUT2D eigenvalue weighted by Gasteiger charge is 2.10. The van der Waals surface area contributed by atoms with E-state index in [-0.39, 0.29) is 5.82 Å². The number of carbonyl (C=O) groups excluding carboxylic acids is 1. The standard InChI is InChI=1S/C10H12FNO2/c1-6-3-4-8(5-9(6)11)14-7(2)10(12)13/h3-5,7H,1-2H3,(H2,12,13)/t7-/m0/s1. The van der Waals surface area contributed by atoms with E-state index in [0.29, 0.717) is 11.3 Å². The molecule has 0 aliphatic carbocycles. The van der Waals surface area contributed by atoms with Crippen molar-refractivity contribution in [2.45, 2.75) is 20.0 Å². The Morgan fingerprint density at radius 3 is 2.71 bits per heavy atom. The first-order valence-corrected chi connectivity index (χ1v) is 4.23. The molecule has 0 heterocycles. The van der Waals surface area contributed by atoms with E-state index in [4.69, 9.17) is 10.5 Å². The first kappa shape index (κ1) is 10.5. The number of carbonyl (C=O) groups is 1. The number of aryl methyl sites for hydroxylation is 1. The van der Waals surface area contributed by atoms with Gasteiger partial charge in [0.25, 0.3) is 5.91 Å². The number of rotatable bonds is 3. The molecule has 0 fully saturated rings. The zero-order valence-electron chi connectivity index (χ0n) is 8.08. The van der Waals surface area contributed by atoms with Crippen LogP contribution in [-0.4, -0.2) is 12.0 Å². The van der Waals surface area contributed by atoms with Gasteiger partial charge < -0.3 is 10.5 Å². The average Bonchev–Trinajstić information content (AvgIpc) is 2.11. The maximum atomic E-state index is 13.0. The van der Waals surface area contributed by atoms with Gasteiger partial charge in [0, 0.05) is 6.07 Å². The first-order chi connectivity index (χ1) is 6.50. The zero-order valence-corrected chi connectivity index (χ0v) is 8.08. The van der Waals surface area contributed by atoms with Gasteiger partial charge in [-0.15, -0.1) is 0 Å². The molecule has 2 N–H and O–H groups in total. The lowest BCUT2D eigenvalue weighted by Gasteiger charge is -2.11. The van der Waals surface area contributed by atoms with Gasteiger partial charge in [-0.2, -0.15) is 0 Å². The van der Waals surface area contributed by atoms with Gasteiger partial charge in [-0.25, -0.2) is 4.39 Å². The molecule has 0 saturated heterocycles. The van der Waals surface area contributed by atoms with Gasteiger partial charge in [-0.1, -0.05) is 6.07 Å². The van der Waals surface area contributed by atoms with Crippen LogP contribution in [0.25, 0.3) is 0 Å². The van der Waals surface area contributed by atoms with E-state index in [1.54, 1.807) is 19.1 Å². The van der Waals surface area contributed by atoms with Crippen molar-refractivity contribution >= 4 is 5.91 Å². The van der Waals surface area contributed by atoms with E-state index in [2.05, 4.69) is 0 Å². The summed E-state index contributed by atoms with van der Waals surface area (Å²) >= 11 is 0. The summed E-state index contributed by atoms with van der Waals surface area (Å²) in [7, 11) is 0. The summed E-state index contributed by atoms with van der Waals surface area (Å²) in [5, 5.41) is 0. The van der Waals surface area contributed by atoms with E-state index in [9.17, 15) is 9.18 Å². The fourth-order valence-electron chi connectivity index (χ4n) is 0.909. The molecule has 14 heavy (non-hydrogen) atoms. The number of hydrogen-bond acceptors (Lipinski definition) is 2. The first-order valence-electron chi connectivity index (χ1n) is 4.23. The Hall–Kier alpha value is -1.58. The second-order valence-electron chi connectivity index (χ2n) is 3.07. The Labute approximate surface area is 81.7 Å². The average molecular weight is 197 g/mol. The maximum Gasteiger partial charge on any atom is 0.258 e. The summed E-state index contributed by atoms with van der Waals surface area (Å²) in [4.78, 5) is 10.7. The molecule has 0 radical (unpaired) electrons. The van der Waals surface area contributed by atoms with Crippen LogP contribution in [0.2, 0.25) is 0 Å². The molecule has 1 atom stereocenters. The highest BCUT2D eigenvalue weighted by atomic mass is 19.1. The van der Waals surface area contributed by atoms with Crippen LogP contribution >= 0.6 is 0 Å². The molecule has 0 aromatic heterocycles. The van der Waals surface area contributed by atoms with Crippen molar-refractivity contribution in [3.05, 3.63) is 29.6 Å². The molecule has 1 amide bonds. The molecule has 76 valence electrons. The van der Waals surface area contributed by atoms with Gasteiger partial charge in [0.05, 0.1) is 0 Å². The lowest BCUT2D eigenvalue weighted by molar-refractivity contribution is -0.123. The Balaban J connectivity index is 2.78. The van der Waals surface area contributed by atoms with Gasteiger partial charge in [0.2, 0.25) is 0 Å². The van der Waals surface area contributed by atoms with Crippen molar-refractivity contribution in [1.82, 2.24) is 0 Å². The normalized spacial score (nSPS) is 12.2. The summed E-state index contributed by atoms with van der Waals surface area (Å²) < 4.78 is 18.1. The molecule has 0 bridgehead atoms. The summed E-state index contributed by atoms with van der Waals surface area (Å²) in [5.41, 5.74) is 5.53. The Morgan fingerprint density at radius 1 is 1.57 bits per heavy atom. The topological polar surface area (TPSA) is 52.3 Å². The van der Waals surface area contributed by atoms with Gasteiger partial charge in [0.1, 0.15) is 11.6 Å². The molecule has 0 aliphatic rings. The fourth-order valence-corrected chi connectivity index (χ4v) is 0.909. The van der Waals surface area contributed by atoms with Crippen molar-refractivity contribution in [1.29, 1.82) is 0 Å². The summed E-state index contributed by atoms with van der Waals surface area (Å²) in [6.07, 6.45) is -0.753. The third kappa shape index (κ3) is 2.45. The third-order valence-electron chi connectivity index (χ3n) is 1.86. The highest BCUT2D eigenvalue weighted by Crippen LogP contribution is 2.16. The van der Waals surface area contributed by atoms with Gasteiger partial charge in [-0.05, 0) is 25.5 Å². The number of amides is 1. The van der Waals surface area contributed by atoms with E-state index >= 15 is 0 Å². The van der Waals surface area contributed by atoms with E-state index in [0.717, 1.165) is 0 Å². The van der Waals surface area contributed by atoms with Crippen LogP contribution < -0.4 is 10.5 Å². The molecule has 4 heteroatoms. The lowest BCUT2D eigenvalue weighted by atomic mass is 10.2. The van der Waals surface area contributed by atoms with Crippen LogP contribution in [0.1, 0.15) is 12.5 Å². The second kappa shape index (κ2) is 4.09. The molecule has 0 spiro atoms. The van der Waals surface area contributed by atoms with Gasteiger partial charge in [-0.3, -0.25) is 4.79 Å². The molecule has 1 aromatic carbocycles. The second-order valence-corrected chi connectivity index (χ2v) is 3.07. The summed E-state index contributed by atoms with van der Waals surface area (Å²) in [6, 6.07) is 4.41. The largest absolute Gasteiger partial charge is 0.481 e. The van der Waals surface area contributed by atoms with Crippen molar-refractivity contribution in [3.63, 3.8) is 0 Å². The summed E-state index contributed by atoms with van der Waals surface area (Å²) in [6.45, 7) is 3.16. The molecule has 1 rings (SSSR count). The quantitative estimate of drug-likeness (QED) is 0.796. The minimum Gasteiger partial charge on any atom is -0.481 e. The van der Waals surface area contributed by atoms with Crippen LogP contribution in [-0.2, 0) is 4.79 Å². The van der Waals surface area contributed by atoms with Crippen molar-refractivity contribution in [2.75, 3.05) is 0 Å². The van der Waals surface area contributed by atoms with Crippen molar-refractivity contribution < 1.29 is 13.9 Å². The highest BCUT2D eigenvalue weighted by molar-refractivity contribution is 5.78. The van der Waals surface area contributed by atoms with Crippen molar-refractivity contribution in [3.8, 4) is 5.75 Å². The molecule has 0 saturated carbocycles. The number of hydrogen-bond donors (Lipinski definition) is 1. The molecule has 3 nitrogen and oxygen atoms in total.